The van der Waals surface area contributed by atoms with Gasteiger partial charge in [-0.25, -0.2) is 0 Å². The van der Waals surface area contributed by atoms with Crippen molar-refractivity contribution in [1.29, 1.82) is 0 Å². The van der Waals surface area contributed by atoms with Crippen LogP contribution in [0.1, 0.15) is 53.9 Å². The molecule has 0 nitrogen and oxygen atoms in total. The highest BCUT2D eigenvalue weighted by Gasteiger charge is 2.59. The summed E-state index contributed by atoms with van der Waals surface area (Å²) in [6, 6.07) is 0. The van der Waals surface area contributed by atoms with E-state index >= 15 is 0 Å². The maximum atomic E-state index is 2.49. The van der Waals surface area contributed by atoms with Crippen molar-refractivity contribution in [2.75, 3.05) is 0 Å². The van der Waals surface area contributed by atoms with Crippen LogP contribution in [-0.2, 0) is 0 Å². The molecule has 72 valence electrons. The molecule has 0 amide bonds. The average molecular weight is 168 g/mol. The summed E-state index contributed by atoms with van der Waals surface area (Å²) in [5.41, 5.74) is 0.685. The monoisotopic (exact) mass is 168 g/mol. The molecule has 0 heteroatoms. The summed E-state index contributed by atoms with van der Waals surface area (Å²) in [7, 11) is 0. The summed E-state index contributed by atoms with van der Waals surface area (Å²) in [6.07, 6.45) is 4.16. The lowest BCUT2D eigenvalue weighted by Gasteiger charge is -2.19. The molecule has 0 aliphatic heterocycles. The Hall–Kier alpha value is 0. The molecule has 0 saturated heterocycles. The summed E-state index contributed by atoms with van der Waals surface area (Å²) in [5.74, 6) is 2.92. The van der Waals surface area contributed by atoms with E-state index in [1.807, 2.05) is 0 Å². The van der Waals surface area contributed by atoms with Gasteiger partial charge in [-0.1, -0.05) is 47.5 Å². The van der Waals surface area contributed by atoms with Crippen LogP contribution in [0.2, 0.25) is 0 Å². The molecule has 1 rings (SSSR count). The van der Waals surface area contributed by atoms with Gasteiger partial charge in [0, 0.05) is 0 Å². The second-order valence-corrected chi connectivity index (χ2v) is 4.86. The average Bonchev–Trinajstić information content (AvgIpc) is 2.58. The van der Waals surface area contributed by atoms with Crippen LogP contribution in [0, 0.1) is 23.2 Å². The Balaban J connectivity index is 2.52. The van der Waals surface area contributed by atoms with Crippen LogP contribution in [0.4, 0.5) is 0 Å². The van der Waals surface area contributed by atoms with Gasteiger partial charge in [0.1, 0.15) is 0 Å². The van der Waals surface area contributed by atoms with Crippen LogP contribution >= 0.6 is 0 Å². The lowest BCUT2D eigenvalue weighted by molar-refractivity contribution is 0.302. The molecule has 1 fully saturated rings. The molecule has 0 aromatic carbocycles. The minimum Gasteiger partial charge on any atom is -0.0654 e. The first-order chi connectivity index (χ1) is 5.58. The zero-order valence-electron chi connectivity index (χ0n) is 9.35. The SMILES string of the molecule is CCCC1C(C)C1(C)C(C)CC. The van der Waals surface area contributed by atoms with Gasteiger partial charge < -0.3 is 0 Å². The van der Waals surface area contributed by atoms with Gasteiger partial charge in [0.05, 0.1) is 0 Å². The van der Waals surface area contributed by atoms with E-state index in [1.165, 1.54) is 19.3 Å². The maximum absolute atomic E-state index is 2.49. The van der Waals surface area contributed by atoms with Crippen molar-refractivity contribution in [2.24, 2.45) is 23.2 Å². The highest BCUT2D eigenvalue weighted by atomic mass is 14.6. The summed E-state index contributed by atoms with van der Waals surface area (Å²) < 4.78 is 0. The van der Waals surface area contributed by atoms with Gasteiger partial charge in [-0.3, -0.25) is 0 Å². The Morgan fingerprint density at radius 2 is 1.92 bits per heavy atom. The van der Waals surface area contributed by atoms with Crippen molar-refractivity contribution < 1.29 is 0 Å². The third-order valence-corrected chi connectivity index (χ3v) is 4.55. The fraction of sp³-hybridized carbons (Fsp3) is 1.00. The Morgan fingerprint density at radius 1 is 1.33 bits per heavy atom. The van der Waals surface area contributed by atoms with Crippen LogP contribution in [0.15, 0.2) is 0 Å². The van der Waals surface area contributed by atoms with Crippen molar-refractivity contribution in [1.82, 2.24) is 0 Å². The first-order valence-corrected chi connectivity index (χ1v) is 5.58. The number of hydrogen-bond donors (Lipinski definition) is 0. The van der Waals surface area contributed by atoms with Crippen molar-refractivity contribution in [3.63, 3.8) is 0 Å². The van der Waals surface area contributed by atoms with E-state index < -0.39 is 0 Å². The molecular formula is C12H24. The van der Waals surface area contributed by atoms with Crippen molar-refractivity contribution in [3.8, 4) is 0 Å². The predicted molar refractivity (Wildman–Crippen MR) is 55.1 cm³/mol. The molecule has 0 radical (unpaired) electrons. The van der Waals surface area contributed by atoms with Gasteiger partial charge in [-0.2, -0.15) is 0 Å². The fourth-order valence-electron chi connectivity index (χ4n) is 2.99. The van der Waals surface area contributed by atoms with Gasteiger partial charge in [-0.05, 0) is 29.6 Å². The molecular weight excluding hydrogens is 144 g/mol. The molecule has 0 bridgehead atoms. The molecule has 1 aliphatic rings. The maximum Gasteiger partial charge on any atom is -0.0241 e. The minimum absolute atomic E-state index is 0.685. The zero-order valence-corrected chi connectivity index (χ0v) is 9.35. The summed E-state index contributed by atoms with van der Waals surface area (Å²) in [5, 5.41) is 0. The first kappa shape index (κ1) is 10.1. The van der Waals surface area contributed by atoms with Crippen molar-refractivity contribution >= 4 is 0 Å². The normalized spacial score (nSPS) is 42.8. The molecule has 1 saturated carbocycles. The lowest BCUT2D eigenvalue weighted by Crippen LogP contribution is -2.11. The zero-order chi connectivity index (χ0) is 9.35. The second kappa shape index (κ2) is 3.40. The number of rotatable bonds is 4. The van der Waals surface area contributed by atoms with E-state index in [-0.39, 0.29) is 0 Å². The summed E-state index contributed by atoms with van der Waals surface area (Å²) in [4.78, 5) is 0. The van der Waals surface area contributed by atoms with Crippen LogP contribution < -0.4 is 0 Å². The molecule has 4 unspecified atom stereocenters. The third-order valence-electron chi connectivity index (χ3n) is 4.55. The summed E-state index contributed by atoms with van der Waals surface area (Å²) in [6.45, 7) is 12.0. The minimum atomic E-state index is 0.685. The van der Waals surface area contributed by atoms with Gasteiger partial charge in [0.2, 0.25) is 0 Å². The van der Waals surface area contributed by atoms with E-state index in [2.05, 4.69) is 34.6 Å². The second-order valence-electron chi connectivity index (χ2n) is 4.86. The van der Waals surface area contributed by atoms with E-state index in [4.69, 9.17) is 0 Å². The van der Waals surface area contributed by atoms with E-state index in [0.29, 0.717) is 5.41 Å². The van der Waals surface area contributed by atoms with Gasteiger partial charge >= 0.3 is 0 Å². The van der Waals surface area contributed by atoms with Crippen LogP contribution in [0.5, 0.6) is 0 Å². The molecule has 0 aromatic heterocycles. The van der Waals surface area contributed by atoms with Crippen molar-refractivity contribution in [3.05, 3.63) is 0 Å². The van der Waals surface area contributed by atoms with E-state index in [0.717, 1.165) is 17.8 Å². The number of hydrogen-bond acceptors (Lipinski definition) is 0. The van der Waals surface area contributed by atoms with Gasteiger partial charge in [0.25, 0.3) is 0 Å². The van der Waals surface area contributed by atoms with Gasteiger partial charge in [0.15, 0.2) is 0 Å². The van der Waals surface area contributed by atoms with Crippen LogP contribution in [-0.4, -0.2) is 0 Å². The molecule has 12 heavy (non-hydrogen) atoms. The fourth-order valence-corrected chi connectivity index (χ4v) is 2.99. The lowest BCUT2D eigenvalue weighted by atomic mass is 9.86. The van der Waals surface area contributed by atoms with Crippen LogP contribution in [0.3, 0.4) is 0 Å². The first-order valence-electron chi connectivity index (χ1n) is 5.58. The molecule has 0 spiro atoms. The Morgan fingerprint density at radius 3 is 2.33 bits per heavy atom. The molecule has 0 aromatic rings. The highest BCUT2D eigenvalue weighted by molar-refractivity contribution is 5.07. The smallest absolute Gasteiger partial charge is 0.0241 e. The quantitative estimate of drug-likeness (QED) is 0.592. The standard InChI is InChI=1S/C12H24/c1-6-8-11-10(4)12(11,5)9(3)7-2/h9-11H,6-8H2,1-5H3. The highest BCUT2D eigenvalue weighted by Crippen LogP contribution is 2.65. The predicted octanol–water partition coefficient (Wildman–Crippen LogP) is 4.10. The molecule has 4 atom stereocenters. The topological polar surface area (TPSA) is 0 Å². The summed E-state index contributed by atoms with van der Waals surface area (Å²) >= 11 is 0. The van der Waals surface area contributed by atoms with E-state index in [1.54, 1.807) is 0 Å². The largest absolute Gasteiger partial charge is 0.0654 e. The Labute approximate surface area is 77.7 Å². The Kier molecular flexibility index (Phi) is 2.85. The molecule has 0 N–H and O–H groups in total. The van der Waals surface area contributed by atoms with Crippen LogP contribution in [0.25, 0.3) is 0 Å². The Bertz CT molecular complexity index is 150. The van der Waals surface area contributed by atoms with Gasteiger partial charge in [-0.15, -0.1) is 0 Å². The third kappa shape index (κ3) is 1.30. The van der Waals surface area contributed by atoms with Crippen molar-refractivity contribution in [2.45, 2.75) is 53.9 Å². The van der Waals surface area contributed by atoms with E-state index in [9.17, 15) is 0 Å². The molecule has 0 heterocycles. The molecule has 1 aliphatic carbocycles.